The maximum Gasteiger partial charge on any atom is 0.253 e. The van der Waals surface area contributed by atoms with Gasteiger partial charge in [-0.3, -0.25) is 4.79 Å². The fourth-order valence-electron chi connectivity index (χ4n) is 2.78. The van der Waals surface area contributed by atoms with Gasteiger partial charge in [-0.2, -0.15) is 5.10 Å². The van der Waals surface area contributed by atoms with E-state index in [1.54, 1.807) is 30.5 Å². The maximum absolute atomic E-state index is 12.7. The third-order valence-electron chi connectivity index (χ3n) is 3.91. The molecular formula is C18H21N3O3. The number of benzene rings is 1. The van der Waals surface area contributed by atoms with Crippen LogP contribution in [0.15, 0.2) is 42.6 Å². The second-order valence-electron chi connectivity index (χ2n) is 5.65. The summed E-state index contributed by atoms with van der Waals surface area (Å²) in [4.78, 5) is 14.5. The van der Waals surface area contributed by atoms with Gasteiger partial charge in [0.15, 0.2) is 0 Å². The molecule has 1 amide bonds. The van der Waals surface area contributed by atoms with Crippen molar-refractivity contribution in [3.05, 3.63) is 48.2 Å². The first-order chi connectivity index (χ1) is 11.8. The number of rotatable bonds is 5. The highest BCUT2D eigenvalue weighted by molar-refractivity contribution is 5.94. The fraction of sp³-hybridized carbons (Fsp3) is 0.389. The van der Waals surface area contributed by atoms with Crippen LogP contribution in [0.3, 0.4) is 0 Å². The number of likely N-dealkylation sites (tertiary alicyclic amines) is 1. The van der Waals surface area contributed by atoms with Crippen molar-refractivity contribution in [1.29, 1.82) is 0 Å². The van der Waals surface area contributed by atoms with Gasteiger partial charge in [-0.1, -0.05) is 0 Å². The van der Waals surface area contributed by atoms with Crippen molar-refractivity contribution in [1.82, 2.24) is 15.1 Å². The molecule has 126 valence electrons. The number of hydrogen-bond donors (Lipinski definition) is 0. The van der Waals surface area contributed by atoms with E-state index in [1.165, 1.54) is 0 Å². The number of ether oxygens (including phenoxy) is 2. The molecule has 0 bridgehead atoms. The number of nitrogens with zero attached hydrogens (tertiary/aromatic N) is 3. The lowest BCUT2D eigenvalue weighted by Crippen LogP contribution is -2.44. The fourth-order valence-corrected chi connectivity index (χ4v) is 2.78. The summed E-state index contributed by atoms with van der Waals surface area (Å²) >= 11 is 0. The number of piperidine rings is 1. The molecule has 1 saturated heterocycles. The summed E-state index contributed by atoms with van der Waals surface area (Å²) in [6, 6.07) is 10.8. The summed E-state index contributed by atoms with van der Waals surface area (Å²) in [5.74, 6) is 1.29. The molecule has 1 aromatic heterocycles. The van der Waals surface area contributed by atoms with Crippen LogP contribution in [-0.2, 0) is 0 Å². The van der Waals surface area contributed by atoms with Gasteiger partial charge in [-0.15, -0.1) is 5.10 Å². The van der Waals surface area contributed by atoms with Crippen molar-refractivity contribution in [2.24, 2.45) is 0 Å². The molecule has 3 rings (SSSR count). The van der Waals surface area contributed by atoms with Crippen LogP contribution in [0.1, 0.15) is 30.1 Å². The van der Waals surface area contributed by atoms with Crippen LogP contribution in [0.2, 0.25) is 0 Å². The van der Waals surface area contributed by atoms with E-state index in [0.29, 0.717) is 24.6 Å². The second-order valence-corrected chi connectivity index (χ2v) is 5.65. The molecule has 1 aromatic carbocycles. The van der Waals surface area contributed by atoms with Gasteiger partial charge in [0, 0.05) is 24.4 Å². The van der Waals surface area contributed by atoms with E-state index in [4.69, 9.17) is 9.47 Å². The molecule has 1 fully saturated rings. The predicted molar refractivity (Wildman–Crippen MR) is 89.2 cm³/mol. The topological polar surface area (TPSA) is 64.5 Å². The van der Waals surface area contributed by atoms with Gasteiger partial charge in [0.25, 0.3) is 5.91 Å². The standard InChI is InChI=1S/C18H21N3O3/c1-2-23-15-9-7-14(8-10-15)18(22)21-12-4-5-16(13-21)24-17-6-3-11-19-20-17/h3,6-11,16H,2,4-5,12-13H2,1H3. The van der Waals surface area contributed by atoms with Crippen molar-refractivity contribution in [2.45, 2.75) is 25.9 Å². The average Bonchev–Trinajstić information content (AvgIpc) is 2.63. The van der Waals surface area contributed by atoms with Crippen LogP contribution < -0.4 is 9.47 Å². The van der Waals surface area contributed by atoms with Crippen molar-refractivity contribution in [2.75, 3.05) is 19.7 Å². The first kappa shape index (κ1) is 16.2. The lowest BCUT2D eigenvalue weighted by molar-refractivity contribution is 0.0525. The van der Waals surface area contributed by atoms with Gasteiger partial charge in [0.05, 0.1) is 13.2 Å². The molecule has 6 heteroatoms. The van der Waals surface area contributed by atoms with E-state index in [1.807, 2.05) is 24.0 Å². The van der Waals surface area contributed by atoms with Crippen molar-refractivity contribution in [3.8, 4) is 11.6 Å². The van der Waals surface area contributed by atoms with E-state index in [2.05, 4.69) is 10.2 Å². The highest BCUT2D eigenvalue weighted by Gasteiger charge is 2.26. The zero-order valence-electron chi connectivity index (χ0n) is 13.7. The smallest absolute Gasteiger partial charge is 0.253 e. The van der Waals surface area contributed by atoms with Gasteiger partial charge >= 0.3 is 0 Å². The summed E-state index contributed by atoms with van der Waals surface area (Å²) < 4.78 is 11.2. The Morgan fingerprint density at radius 2 is 2.12 bits per heavy atom. The first-order valence-electron chi connectivity index (χ1n) is 8.22. The van der Waals surface area contributed by atoms with Crippen LogP contribution >= 0.6 is 0 Å². The van der Waals surface area contributed by atoms with Crippen LogP contribution in [0.5, 0.6) is 11.6 Å². The summed E-state index contributed by atoms with van der Waals surface area (Å²) in [7, 11) is 0. The van der Waals surface area contributed by atoms with E-state index in [0.717, 1.165) is 25.1 Å². The highest BCUT2D eigenvalue weighted by atomic mass is 16.5. The molecule has 0 N–H and O–H groups in total. The molecule has 24 heavy (non-hydrogen) atoms. The quantitative estimate of drug-likeness (QED) is 0.844. The van der Waals surface area contributed by atoms with Crippen LogP contribution in [-0.4, -0.2) is 46.8 Å². The molecular weight excluding hydrogens is 306 g/mol. The molecule has 0 saturated carbocycles. The van der Waals surface area contributed by atoms with Crippen molar-refractivity contribution < 1.29 is 14.3 Å². The van der Waals surface area contributed by atoms with E-state index in [-0.39, 0.29) is 12.0 Å². The molecule has 1 atom stereocenters. The van der Waals surface area contributed by atoms with Crippen LogP contribution in [0, 0.1) is 0 Å². The summed E-state index contributed by atoms with van der Waals surface area (Å²) in [5.41, 5.74) is 0.665. The van der Waals surface area contributed by atoms with Gasteiger partial charge in [-0.25, -0.2) is 0 Å². The lowest BCUT2D eigenvalue weighted by atomic mass is 10.1. The lowest BCUT2D eigenvalue weighted by Gasteiger charge is -2.32. The summed E-state index contributed by atoms with van der Waals surface area (Å²) in [6.45, 7) is 3.85. The average molecular weight is 327 g/mol. The first-order valence-corrected chi connectivity index (χ1v) is 8.22. The molecule has 2 heterocycles. The SMILES string of the molecule is CCOc1ccc(C(=O)N2CCCC(Oc3cccnn3)C2)cc1. The Morgan fingerprint density at radius 1 is 1.29 bits per heavy atom. The Labute approximate surface area is 141 Å². The minimum Gasteiger partial charge on any atom is -0.494 e. The van der Waals surface area contributed by atoms with E-state index in [9.17, 15) is 4.79 Å². The Hall–Kier alpha value is -2.63. The molecule has 1 aliphatic heterocycles. The van der Waals surface area contributed by atoms with Crippen LogP contribution in [0.4, 0.5) is 0 Å². The zero-order chi connectivity index (χ0) is 16.8. The number of carbonyl (C=O) groups excluding carboxylic acids is 1. The van der Waals surface area contributed by atoms with Crippen LogP contribution in [0.25, 0.3) is 0 Å². The largest absolute Gasteiger partial charge is 0.494 e. The highest BCUT2D eigenvalue weighted by Crippen LogP contribution is 2.19. The minimum atomic E-state index is -0.0536. The third-order valence-corrected chi connectivity index (χ3v) is 3.91. The normalized spacial score (nSPS) is 17.4. The zero-order valence-corrected chi connectivity index (χ0v) is 13.7. The van der Waals surface area contributed by atoms with Crippen molar-refractivity contribution >= 4 is 5.91 Å². The molecule has 1 aliphatic rings. The van der Waals surface area contributed by atoms with E-state index < -0.39 is 0 Å². The van der Waals surface area contributed by atoms with E-state index >= 15 is 0 Å². The van der Waals surface area contributed by atoms with Gasteiger partial charge in [0.1, 0.15) is 11.9 Å². The second kappa shape index (κ2) is 7.77. The predicted octanol–water partition coefficient (Wildman–Crippen LogP) is 2.56. The number of amides is 1. The van der Waals surface area contributed by atoms with Gasteiger partial charge in [0.2, 0.25) is 5.88 Å². The van der Waals surface area contributed by atoms with Gasteiger partial charge in [-0.05, 0) is 50.1 Å². The number of carbonyl (C=O) groups is 1. The molecule has 1 unspecified atom stereocenters. The molecule has 2 aromatic rings. The molecule has 0 radical (unpaired) electrons. The third kappa shape index (κ3) is 4.01. The Kier molecular flexibility index (Phi) is 5.25. The summed E-state index contributed by atoms with van der Waals surface area (Å²) in [6.07, 6.45) is 3.37. The maximum atomic E-state index is 12.7. The molecule has 0 aliphatic carbocycles. The molecule has 0 spiro atoms. The van der Waals surface area contributed by atoms with Crippen molar-refractivity contribution in [3.63, 3.8) is 0 Å². The van der Waals surface area contributed by atoms with Gasteiger partial charge < -0.3 is 14.4 Å². The molecule has 6 nitrogen and oxygen atoms in total. The Bertz CT molecular complexity index is 661. The number of hydrogen-bond acceptors (Lipinski definition) is 5. The number of aromatic nitrogens is 2. The monoisotopic (exact) mass is 327 g/mol. The summed E-state index contributed by atoms with van der Waals surface area (Å²) in [5, 5.41) is 7.75. The minimum absolute atomic E-state index is 0.0190. The Balaban J connectivity index is 1.62. The Morgan fingerprint density at radius 3 is 2.83 bits per heavy atom.